The van der Waals surface area contributed by atoms with Crippen LogP contribution in [0.25, 0.3) is 11.0 Å². The number of fused-ring (bicyclic) bond motifs is 1. The van der Waals surface area contributed by atoms with Crippen molar-refractivity contribution >= 4 is 16.8 Å². The predicted octanol–water partition coefficient (Wildman–Crippen LogP) is 2.98. The third kappa shape index (κ3) is 1.61. The van der Waals surface area contributed by atoms with Gasteiger partial charge in [0, 0.05) is 17.4 Å². The van der Waals surface area contributed by atoms with E-state index in [-0.39, 0.29) is 17.5 Å². The molecule has 78 valence electrons. The van der Waals surface area contributed by atoms with Crippen molar-refractivity contribution in [3.8, 4) is 5.75 Å². The van der Waals surface area contributed by atoms with Crippen LogP contribution in [0.4, 0.5) is 0 Å². The molecule has 1 N–H and O–H groups in total. The third-order valence-electron chi connectivity index (χ3n) is 2.36. The molecule has 15 heavy (non-hydrogen) atoms. The van der Waals surface area contributed by atoms with Crippen molar-refractivity contribution in [2.75, 3.05) is 0 Å². The summed E-state index contributed by atoms with van der Waals surface area (Å²) < 4.78 is 5.12. The van der Waals surface area contributed by atoms with Crippen molar-refractivity contribution in [1.82, 2.24) is 0 Å². The highest BCUT2D eigenvalue weighted by Gasteiger charge is 2.16. The number of carbonyl (C=O) groups is 1. The minimum Gasteiger partial charge on any atom is -0.507 e. The number of phenolic OH excluding ortho intramolecular Hbond substituents is 1. The second-order valence-corrected chi connectivity index (χ2v) is 3.85. The van der Waals surface area contributed by atoms with E-state index in [0.29, 0.717) is 11.1 Å². The Kier molecular flexibility index (Phi) is 2.23. The van der Waals surface area contributed by atoms with Crippen LogP contribution >= 0.6 is 0 Å². The average molecular weight is 204 g/mol. The van der Waals surface area contributed by atoms with Crippen molar-refractivity contribution in [1.29, 1.82) is 0 Å². The molecule has 0 saturated carbocycles. The van der Waals surface area contributed by atoms with Crippen LogP contribution in [-0.2, 0) is 0 Å². The van der Waals surface area contributed by atoms with E-state index in [9.17, 15) is 9.90 Å². The van der Waals surface area contributed by atoms with E-state index in [1.54, 1.807) is 26.0 Å². The van der Waals surface area contributed by atoms with Crippen LogP contribution in [0.2, 0.25) is 0 Å². The first kappa shape index (κ1) is 9.77. The highest BCUT2D eigenvalue weighted by molar-refractivity contribution is 6.02. The fourth-order valence-corrected chi connectivity index (χ4v) is 1.51. The Labute approximate surface area is 87.3 Å². The quantitative estimate of drug-likeness (QED) is 0.765. The Morgan fingerprint density at radius 3 is 2.80 bits per heavy atom. The van der Waals surface area contributed by atoms with Crippen LogP contribution < -0.4 is 0 Å². The lowest BCUT2D eigenvalue weighted by atomic mass is 9.99. The van der Waals surface area contributed by atoms with Crippen molar-refractivity contribution in [2.45, 2.75) is 13.8 Å². The number of aromatic hydroxyl groups is 1. The van der Waals surface area contributed by atoms with Crippen LogP contribution in [0, 0.1) is 5.92 Å². The molecule has 0 aliphatic heterocycles. The summed E-state index contributed by atoms with van der Waals surface area (Å²) in [5, 5.41) is 10.5. The molecule has 0 atom stereocenters. The molecule has 0 amide bonds. The monoisotopic (exact) mass is 204 g/mol. The van der Waals surface area contributed by atoms with Gasteiger partial charge in [-0.1, -0.05) is 13.8 Å². The summed E-state index contributed by atoms with van der Waals surface area (Å²) in [7, 11) is 0. The minimum absolute atomic E-state index is 0.0175. The number of benzene rings is 1. The summed E-state index contributed by atoms with van der Waals surface area (Å²) >= 11 is 0. The SMILES string of the molecule is CC(C)C(=O)c1cc2ccoc2cc1O. The lowest BCUT2D eigenvalue weighted by Crippen LogP contribution is -2.07. The normalized spacial score (nSPS) is 11.1. The molecule has 0 unspecified atom stereocenters. The molecule has 0 saturated heterocycles. The zero-order valence-electron chi connectivity index (χ0n) is 8.65. The summed E-state index contributed by atoms with van der Waals surface area (Å²) in [5.41, 5.74) is 0.951. The number of furan rings is 1. The second kappa shape index (κ2) is 3.42. The summed E-state index contributed by atoms with van der Waals surface area (Å²) in [4.78, 5) is 11.7. The Morgan fingerprint density at radius 1 is 1.40 bits per heavy atom. The molecule has 0 radical (unpaired) electrons. The lowest BCUT2D eigenvalue weighted by Gasteiger charge is -2.06. The van der Waals surface area contributed by atoms with Gasteiger partial charge in [0.15, 0.2) is 5.78 Å². The maximum atomic E-state index is 11.7. The molecule has 0 fully saturated rings. The molecule has 1 aromatic carbocycles. The molecule has 0 spiro atoms. The molecular formula is C12H12O3. The van der Waals surface area contributed by atoms with Crippen LogP contribution in [-0.4, -0.2) is 10.9 Å². The first-order chi connectivity index (χ1) is 7.09. The Morgan fingerprint density at radius 2 is 2.13 bits per heavy atom. The fraction of sp³-hybridized carbons (Fsp3) is 0.250. The second-order valence-electron chi connectivity index (χ2n) is 3.85. The molecule has 0 aliphatic carbocycles. The number of hydrogen-bond acceptors (Lipinski definition) is 3. The van der Waals surface area contributed by atoms with Gasteiger partial charge < -0.3 is 9.52 Å². The Balaban J connectivity index is 2.60. The lowest BCUT2D eigenvalue weighted by molar-refractivity contribution is 0.0937. The molecule has 0 bridgehead atoms. The standard InChI is InChI=1S/C12H12O3/c1-7(2)12(14)9-5-8-3-4-15-11(8)6-10(9)13/h3-7,13H,1-2H3. The fourth-order valence-electron chi connectivity index (χ4n) is 1.51. The Hall–Kier alpha value is -1.77. The molecule has 3 heteroatoms. The summed E-state index contributed by atoms with van der Waals surface area (Å²) in [6.45, 7) is 3.61. The summed E-state index contributed by atoms with van der Waals surface area (Å²) in [5.74, 6) is -0.202. The number of hydrogen-bond donors (Lipinski definition) is 1. The van der Waals surface area contributed by atoms with E-state index in [0.717, 1.165) is 5.39 Å². The van der Waals surface area contributed by atoms with Crippen molar-refractivity contribution < 1.29 is 14.3 Å². The summed E-state index contributed by atoms with van der Waals surface area (Å²) in [6.07, 6.45) is 1.54. The number of ketones is 1. The molecule has 3 nitrogen and oxygen atoms in total. The number of phenols is 1. The van der Waals surface area contributed by atoms with E-state index in [2.05, 4.69) is 0 Å². The van der Waals surface area contributed by atoms with Crippen LogP contribution in [0.1, 0.15) is 24.2 Å². The van der Waals surface area contributed by atoms with Gasteiger partial charge in [-0.25, -0.2) is 0 Å². The third-order valence-corrected chi connectivity index (χ3v) is 2.36. The van der Waals surface area contributed by atoms with Crippen LogP contribution in [0.15, 0.2) is 28.9 Å². The first-order valence-corrected chi connectivity index (χ1v) is 4.84. The van der Waals surface area contributed by atoms with Gasteiger partial charge in [-0.15, -0.1) is 0 Å². The van der Waals surface area contributed by atoms with Gasteiger partial charge in [-0.05, 0) is 12.1 Å². The van der Waals surface area contributed by atoms with Gasteiger partial charge in [0.25, 0.3) is 0 Å². The first-order valence-electron chi connectivity index (χ1n) is 4.84. The number of rotatable bonds is 2. The average Bonchev–Trinajstić information content (AvgIpc) is 2.62. The van der Waals surface area contributed by atoms with Crippen molar-refractivity contribution in [3.63, 3.8) is 0 Å². The number of Topliss-reactive ketones (excluding diaryl/α,β-unsaturated/α-hetero) is 1. The van der Waals surface area contributed by atoms with Gasteiger partial charge in [0.2, 0.25) is 0 Å². The van der Waals surface area contributed by atoms with Crippen molar-refractivity contribution in [3.05, 3.63) is 30.0 Å². The van der Waals surface area contributed by atoms with Gasteiger partial charge in [-0.3, -0.25) is 4.79 Å². The topological polar surface area (TPSA) is 50.4 Å². The number of carbonyl (C=O) groups excluding carboxylic acids is 1. The van der Waals surface area contributed by atoms with E-state index in [1.807, 2.05) is 0 Å². The highest BCUT2D eigenvalue weighted by atomic mass is 16.3. The highest BCUT2D eigenvalue weighted by Crippen LogP contribution is 2.27. The van der Waals surface area contributed by atoms with Gasteiger partial charge in [0.1, 0.15) is 11.3 Å². The van der Waals surface area contributed by atoms with Crippen molar-refractivity contribution in [2.24, 2.45) is 5.92 Å². The van der Waals surface area contributed by atoms with Crippen LogP contribution in [0.5, 0.6) is 5.75 Å². The largest absolute Gasteiger partial charge is 0.507 e. The summed E-state index contributed by atoms with van der Waals surface area (Å²) in [6, 6.07) is 4.91. The van der Waals surface area contributed by atoms with Gasteiger partial charge >= 0.3 is 0 Å². The molecular weight excluding hydrogens is 192 g/mol. The zero-order valence-corrected chi connectivity index (χ0v) is 8.65. The van der Waals surface area contributed by atoms with E-state index in [1.165, 1.54) is 12.3 Å². The Bertz CT molecular complexity index is 509. The maximum Gasteiger partial charge on any atom is 0.169 e. The smallest absolute Gasteiger partial charge is 0.169 e. The van der Waals surface area contributed by atoms with Gasteiger partial charge in [0.05, 0.1) is 11.8 Å². The molecule has 1 heterocycles. The molecule has 0 aliphatic rings. The van der Waals surface area contributed by atoms with E-state index < -0.39 is 0 Å². The zero-order chi connectivity index (χ0) is 11.0. The maximum absolute atomic E-state index is 11.7. The van der Waals surface area contributed by atoms with E-state index >= 15 is 0 Å². The minimum atomic E-state index is -0.125. The molecule has 2 aromatic rings. The predicted molar refractivity (Wildman–Crippen MR) is 57.0 cm³/mol. The molecule has 1 aromatic heterocycles. The molecule has 2 rings (SSSR count). The van der Waals surface area contributed by atoms with E-state index in [4.69, 9.17) is 4.42 Å². The van der Waals surface area contributed by atoms with Gasteiger partial charge in [-0.2, -0.15) is 0 Å². The van der Waals surface area contributed by atoms with Crippen LogP contribution in [0.3, 0.4) is 0 Å².